The van der Waals surface area contributed by atoms with Crippen molar-refractivity contribution in [1.82, 2.24) is 4.90 Å². The van der Waals surface area contributed by atoms with Gasteiger partial charge in [0.1, 0.15) is 11.6 Å². The van der Waals surface area contributed by atoms with Gasteiger partial charge < -0.3 is 15.4 Å². The number of nitrogens with two attached hydrogens (primary N) is 1. The van der Waals surface area contributed by atoms with Crippen LogP contribution >= 0.6 is 0 Å². The summed E-state index contributed by atoms with van der Waals surface area (Å²) in [5.74, 6) is -1.33. The van der Waals surface area contributed by atoms with E-state index in [1.54, 1.807) is 0 Å². The Morgan fingerprint density at radius 1 is 1.40 bits per heavy atom. The van der Waals surface area contributed by atoms with Gasteiger partial charge in [-0.15, -0.1) is 0 Å². The lowest BCUT2D eigenvalue weighted by Crippen LogP contribution is -2.32. The van der Waals surface area contributed by atoms with Crippen LogP contribution in [0, 0.1) is 17.7 Å². The van der Waals surface area contributed by atoms with Gasteiger partial charge in [0.05, 0.1) is 18.6 Å². The fourth-order valence-corrected chi connectivity index (χ4v) is 2.52. The summed E-state index contributed by atoms with van der Waals surface area (Å²) < 4.78 is 18.4. The van der Waals surface area contributed by atoms with E-state index in [0.29, 0.717) is 12.3 Å². The van der Waals surface area contributed by atoms with Gasteiger partial charge >= 0.3 is 0 Å². The van der Waals surface area contributed by atoms with Crippen LogP contribution in [-0.4, -0.2) is 36.9 Å². The largest absolute Gasteiger partial charge is 0.496 e. The monoisotopic (exact) mass is 280 g/mol. The van der Waals surface area contributed by atoms with Crippen molar-refractivity contribution in [3.8, 4) is 5.75 Å². The number of primary amides is 1. The second-order valence-electron chi connectivity index (χ2n) is 5.04. The van der Waals surface area contributed by atoms with Crippen molar-refractivity contribution in [2.75, 3.05) is 20.2 Å². The topological polar surface area (TPSA) is 72.6 Å². The summed E-state index contributed by atoms with van der Waals surface area (Å²) in [5, 5.41) is 0. The summed E-state index contributed by atoms with van der Waals surface area (Å²) in [5.41, 5.74) is 5.47. The highest BCUT2D eigenvalue weighted by atomic mass is 19.1. The lowest BCUT2D eigenvalue weighted by molar-refractivity contribution is -0.122. The maximum atomic E-state index is 13.3. The molecule has 1 saturated heterocycles. The average molecular weight is 280 g/mol. The molecule has 1 aromatic carbocycles. The number of rotatable bonds is 3. The molecule has 2 N–H and O–H groups in total. The van der Waals surface area contributed by atoms with Crippen LogP contribution in [0.3, 0.4) is 0 Å². The molecule has 1 heterocycles. The molecule has 0 aliphatic carbocycles. The minimum atomic E-state index is -0.507. The third-order valence-electron chi connectivity index (χ3n) is 3.66. The quantitative estimate of drug-likeness (QED) is 0.898. The molecule has 5 nitrogen and oxygen atoms in total. The predicted molar refractivity (Wildman–Crippen MR) is 70.7 cm³/mol. The Kier molecular flexibility index (Phi) is 3.92. The molecule has 2 rings (SSSR count). The Morgan fingerprint density at radius 2 is 2.10 bits per heavy atom. The summed E-state index contributed by atoms with van der Waals surface area (Å²) in [7, 11) is 1.42. The second kappa shape index (κ2) is 5.48. The van der Waals surface area contributed by atoms with Crippen molar-refractivity contribution in [3.05, 3.63) is 29.6 Å². The Labute approximate surface area is 116 Å². The number of nitrogens with zero attached hydrogens (tertiary/aromatic N) is 1. The molecule has 0 spiro atoms. The van der Waals surface area contributed by atoms with Gasteiger partial charge in [-0.25, -0.2) is 4.39 Å². The van der Waals surface area contributed by atoms with Crippen LogP contribution in [-0.2, 0) is 4.79 Å². The molecule has 1 fully saturated rings. The van der Waals surface area contributed by atoms with Crippen LogP contribution < -0.4 is 10.5 Å². The highest BCUT2D eigenvalue weighted by molar-refractivity contribution is 5.97. The minimum absolute atomic E-state index is 0.00370. The van der Waals surface area contributed by atoms with Gasteiger partial charge in [0.2, 0.25) is 5.91 Å². The van der Waals surface area contributed by atoms with E-state index in [1.165, 1.54) is 24.1 Å². The Balaban J connectivity index is 2.25. The summed E-state index contributed by atoms with van der Waals surface area (Å²) in [6, 6.07) is 3.78. The molecule has 0 aromatic heterocycles. The third-order valence-corrected chi connectivity index (χ3v) is 3.66. The van der Waals surface area contributed by atoms with Crippen LogP contribution in [0.15, 0.2) is 18.2 Å². The predicted octanol–water partition coefficient (Wildman–Crippen LogP) is 1.03. The summed E-state index contributed by atoms with van der Waals surface area (Å²) in [6.45, 7) is 2.55. The SMILES string of the molecule is COc1ccc(F)cc1C(=O)N1C[C@@H](C)[C@H](C(N)=O)C1. The van der Waals surface area contributed by atoms with Crippen molar-refractivity contribution >= 4 is 11.8 Å². The van der Waals surface area contributed by atoms with E-state index in [9.17, 15) is 14.0 Å². The van der Waals surface area contributed by atoms with Gasteiger partial charge in [-0.1, -0.05) is 6.92 Å². The van der Waals surface area contributed by atoms with E-state index in [-0.39, 0.29) is 29.9 Å². The fourth-order valence-electron chi connectivity index (χ4n) is 2.52. The first-order valence-corrected chi connectivity index (χ1v) is 6.36. The molecule has 0 bridgehead atoms. The zero-order valence-electron chi connectivity index (χ0n) is 11.4. The lowest BCUT2D eigenvalue weighted by atomic mass is 9.98. The first-order valence-electron chi connectivity index (χ1n) is 6.36. The van der Waals surface area contributed by atoms with Gasteiger partial charge in [-0.05, 0) is 24.1 Å². The molecule has 0 unspecified atom stereocenters. The van der Waals surface area contributed by atoms with Gasteiger partial charge in [0.15, 0.2) is 0 Å². The number of hydrogen-bond acceptors (Lipinski definition) is 3. The number of carbonyl (C=O) groups is 2. The Bertz CT molecular complexity index is 547. The zero-order valence-corrected chi connectivity index (χ0v) is 11.4. The van der Waals surface area contributed by atoms with E-state index in [0.717, 1.165) is 6.07 Å². The molecule has 20 heavy (non-hydrogen) atoms. The first-order chi connectivity index (χ1) is 9.43. The normalized spacial score (nSPS) is 21.9. The van der Waals surface area contributed by atoms with Crippen molar-refractivity contribution in [2.45, 2.75) is 6.92 Å². The number of ether oxygens (including phenoxy) is 1. The molecule has 0 saturated carbocycles. The van der Waals surface area contributed by atoms with Gasteiger partial charge in [-0.2, -0.15) is 0 Å². The first kappa shape index (κ1) is 14.3. The average Bonchev–Trinajstić information content (AvgIpc) is 2.80. The summed E-state index contributed by atoms with van der Waals surface area (Å²) in [4.78, 5) is 25.2. The van der Waals surface area contributed by atoms with E-state index < -0.39 is 11.7 Å². The molecular weight excluding hydrogens is 263 g/mol. The Hall–Kier alpha value is -2.11. The molecule has 0 radical (unpaired) electrons. The van der Waals surface area contributed by atoms with Crippen LogP contribution in [0.5, 0.6) is 5.75 Å². The fraction of sp³-hybridized carbons (Fsp3) is 0.429. The van der Waals surface area contributed by atoms with Gasteiger partial charge in [0.25, 0.3) is 5.91 Å². The minimum Gasteiger partial charge on any atom is -0.496 e. The third kappa shape index (κ3) is 2.59. The molecule has 108 valence electrons. The van der Waals surface area contributed by atoms with Gasteiger partial charge in [0, 0.05) is 13.1 Å². The van der Waals surface area contributed by atoms with Crippen molar-refractivity contribution in [1.29, 1.82) is 0 Å². The van der Waals surface area contributed by atoms with Crippen LogP contribution in [0.4, 0.5) is 4.39 Å². The Morgan fingerprint density at radius 3 is 2.65 bits per heavy atom. The molecule has 2 amide bonds. The number of methoxy groups -OCH3 is 1. The number of halogens is 1. The number of benzene rings is 1. The highest BCUT2D eigenvalue weighted by Crippen LogP contribution is 2.27. The standard InChI is InChI=1S/C14H17FN2O3/c1-8-6-17(7-11(8)13(16)18)14(19)10-5-9(15)3-4-12(10)20-2/h3-5,8,11H,6-7H2,1-2H3,(H2,16,18)/t8-,11-/m1/s1. The van der Waals surface area contributed by atoms with Crippen molar-refractivity contribution < 1.29 is 18.7 Å². The molecule has 2 atom stereocenters. The lowest BCUT2D eigenvalue weighted by Gasteiger charge is -2.17. The molecular formula is C14H17FN2O3. The highest BCUT2D eigenvalue weighted by Gasteiger charge is 2.36. The van der Waals surface area contributed by atoms with Crippen molar-refractivity contribution in [2.24, 2.45) is 17.6 Å². The number of hydrogen-bond donors (Lipinski definition) is 1. The number of likely N-dealkylation sites (tertiary alicyclic amines) is 1. The maximum Gasteiger partial charge on any atom is 0.257 e. The summed E-state index contributed by atoms with van der Waals surface area (Å²) >= 11 is 0. The van der Waals surface area contributed by atoms with Gasteiger partial charge in [-0.3, -0.25) is 9.59 Å². The van der Waals surface area contributed by atoms with E-state index in [4.69, 9.17) is 10.5 Å². The molecule has 1 aromatic rings. The van der Waals surface area contributed by atoms with Crippen molar-refractivity contribution in [3.63, 3.8) is 0 Å². The molecule has 1 aliphatic heterocycles. The second-order valence-corrected chi connectivity index (χ2v) is 5.04. The van der Waals surface area contributed by atoms with Crippen LogP contribution in [0.2, 0.25) is 0 Å². The molecule has 6 heteroatoms. The van der Waals surface area contributed by atoms with Crippen LogP contribution in [0.25, 0.3) is 0 Å². The summed E-state index contributed by atoms with van der Waals surface area (Å²) in [6.07, 6.45) is 0. The maximum absolute atomic E-state index is 13.3. The van der Waals surface area contributed by atoms with E-state index in [1.807, 2.05) is 6.92 Å². The van der Waals surface area contributed by atoms with Crippen LogP contribution in [0.1, 0.15) is 17.3 Å². The smallest absolute Gasteiger partial charge is 0.257 e. The molecule has 1 aliphatic rings. The number of amides is 2. The zero-order chi connectivity index (χ0) is 14.9. The number of carbonyl (C=O) groups excluding carboxylic acids is 2. The van der Waals surface area contributed by atoms with E-state index >= 15 is 0 Å². The van der Waals surface area contributed by atoms with E-state index in [2.05, 4.69) is 0 Å².